The summed E-state index contributed by atoms with van der Waals surface area (Å²) in [6.07, 6.45) is 6.00. The smallest absolute Gasteiger partial charge is 0.360 e. The number of nitrogens with zero attached hydrogens (tertiary/aromatic N) is 4. The number of esters is 1. The number of hydrogen-bond acceptors (Lipinski definition) is 6. The second-order valence-electron chi connectivity index (χ2n) is 5.64. The maximum absolute atomic E-state index is 12.4. The highest BCUT2D eigenvalue weighted by atomic mass is 16.5. The zero-order valence-corrected chi connectivity index (χ0v) is 13.3. The first kappa shape index (κ1) is 16.0. The summed E-state index contributed by atoms with van der Waals surface area (Å²) in [5.74, 6) is -1.67. The molecule has 3 rings (SSSR count). The lowest BCUT2D eigenvalue weighted by Gasteiger charge is -2.26. The molecule has 0 saturated carbocycles. The molecule has 1 aliphatic heterocycles. The molecule has 2 aromatic heterocycles. The molecule has 128 valence electrons. The van der Waals surface area contributed by atoms with Crippen LogP contribution in [0, 0.1) is 0 Å². The summed E-state index contributed by atoms with van der Waals surface area (Å²) in [5, 5.41) is 9.81. The number of carbonyl (C=O) groups is 2. The van der Waals surface area contributed by atoms with Crippen molar-refractivity contribution in [3.05, 3.63) is 28.4 Å². The van der Waals surface area contributed by atoms with Crippen molar-refractivity contribution in [3.63, 3.8) is 0 Å². The third kappa shape index (κ3) is 2.72. The van der Waals surface area contributed by atoms with Gasteiger partial charge in [-0.15, -0.1) is 0 Å². The Morgan fingerprint density at radius 2 is 1.96 bits per heavy atom. The molecule has 1 fully saturated rings. The average molecular weight is 334 g/mol. The third-order valence-corrected chi connectivity index (χ3v) is 4.12. The van der Waals surface area contributed by atoms with Crippen molar-refractivity contribution in [3.8, 4) is 5.75 Å². The Balaban J connectivity index is 1.97. The van der Waals surface area contributed by atoms with Gasteiger partial charge in [-0.3, -0.25) is 9.59 Å². The number of hydrogen-bond donors (Lipinski definition) is 1. The van der Waals surface area contributed by atoms with Gasteiger partial charge in [-0.2, -0.15) is 0 Å². The predicted octanol–water partition coefficient (Wildman–Crippen LogP) is 0.000700. The molecule has 1 N–H and O–H groups in total. The van der Waals surface area contributed by atoms with Crippen LogP contribution in [0.15, 0.2) is 17.2 Å². The van der Waals surface area contributed by atoms with E-state index in [4.69, 9.17) is 0 Å². The molecule has 0 aromatic carbocycles. The standard InChI is InChI=1S/C15H18N4O5/c1-24-14(23)11-12(21)13(22)19-8-7-18(15(19)16-11)9-10(20)17-5-3-2-4-6-17/h7-8,21H,2-6,9H2,1H3. The van der Waals surface area contributed by atoms with Crippen molar-refractivity contribution in [2.45, 2.75) is 25.8 Å². The molecule has 9 heteroatoms. The second kappa shape index (κ2) is 6.34. The number of amides is 1. The van der Waals surface area contributed by atoms with Crippen LogP contribution >= 0.6 is 0 Å². The highest BCUT2D eigenvalue weighted by Gasteiger charge is 2.22. The van der Waals surface area contributed by atoms with Gasteiger partial charge in [-0.1, -0.05) is 0 Å². The van der Waals surface area contributed by atoms with E-state index in [1.807, 2.05) is 0 Å². The van der Waals surface area contributed by atoms with E-state index in [0.29, 0.717) is 0 Å². The van der Waals surface area contributed by atoms with Crippen molar-refractivity contribution in [1.29, 1.82) is 0 Å². The number of methoxy groups -OCH3 is 1. The molecule has 0 unspecified atom stereocenters. The summed E-state index contributed by atoms with van der Waals surface area (Å²) in [5.41, 5.74) is -1.25. The summed E-state index contributed by atoms with van der Waals surface area (Å²) < 4.78 is 7.08. The number of aromatic nitrogens is 3. The quantitative estimate of drug-likeness (QED) is 0.792. The van der Waals surface area contributed by atoms with Crippen molar-refractivity contribution >= 4 is 17.7 Å². The Labute approximate surface area is 137 Å². The van der Waals surface area contributed by atoms with Gasteiger partial charge in [0.05, 0.1) is 7.11 Å². The van der Waals surface area contributed by atoms with Crippen LogP contribution in [-0.2, 0) is 16.1 Å². The van der Waals surface area contributed by atoms with Crippen molar-refractivity contribution in [2.24, 2.45) is 0 Å². The normalized spacial score (nSPS) is 14.8. The minimum atomic E-state index is -0.915. The minimum absolute atomic E-state index is 0.00826. The number of ether oxygens (including phenoxy) is 1. The number of rotatable bonds is 3. The van der Waals surface area contributed by atoms with Gasteiger partial charge in [-0.05, 0) is 19.3 Å². The van der Waals surface area contributed by atoms with Crippen molar-refractivity contribution < 1.29 is 19.4 Å². The van der Waals surface area contributed by atoms with Crippen LogP contribution in [0.4, 0.5) is 0 Å². The summed E-state index contributed by atoms with van der Waals surface area (Å²) in [7, 11) is 1.13. The van der Waals surface area contributed by atoms with E-state index in [1.165, 1.54) is 17.0 Å². The van der Waals surface area contributed by atoms with Crippen LogP contribution in [0.2, 0.25) is 0 Å². The molecule has 3 heterocycles. The fraction of sp³-hybridized carbons (Fsp3) is 0.467. The first-order valence-corrected chi connectivity index (χ1v) is 7.69. The molecule has 0 radical (unpaired) electrons. The molecule has 0 spiro atoms. The Morgan fingerprint density at radius 3 is 2.62 bits per heavy atom. The predicted molar refractivity (Wildman–Crippen MR) is 82.9 cm³/mol. The fourth-order valence-corrected chi connectivity index (χ4v) is 2.82. The number of likely N-dealkylation sites (tertiary alicyclic amines) is 1. The van der Waals surface area contributed by atoms with Gasteiger partial charge in [0.2, 0.25) is 17.4 Å². The molecule has 1 aliphatic rings. The number of aromatic hydroxyl groups is 1. The Bertz CT molecular complexity index is 847. The van der Waals surface area contributed by atoms with Crippen LogP contribution in [0.3, 0.4) is 0 Å². The first-order chi connectivity index (χ1) is 11.5. The van der Waals surface area contributed by atoms with Gasteiger partial charge in [0, 0.05) is 25.5 Å². The molecule has 0 aliphatic carbocycles. The van der Waals surface area contributed by atoms with Gasteiger partial charge in [0.25, 0.3) is 0 Å². The van der Waals surface area contributed by atoms with Crippen molar-refractivity contribution in [1.82, 2.24) is 18.9 Å². The van der Waals surface area contributed by atoms with Crippen LogP contribution < -0.4 is 5.56 Å². The molecule has 1 amide bonds. The number of piperidine rings is 1. The Hall–Kier alpha value is -2.84. The third-order valence-electron chi connectivity index (χ3n) is 4.12. The van der Waals surface area contributed by atoms with Crippen LogP contribution in [-0.4, -0.2) is 56.0 Å². The summed E-state index contributed by atoms with van der Waals surface area (Å²) in [6, 6.07) is 0. The van der Waals surface area contributed by atoms with E-state index in [-0.39, 0.29) is 18.2 Å². The lowest BCUT2D eigenvalue weighted by Crippen LogP contribution is -2.37. The molecular formula is C15H18N4O5. The van der Waals surface area contributed by atoms with E-state index in [0.717, 1.165) is 43.9 Å². The molecular weight excluding hydrogens is 316 g/mol. The molecule has 24 heavy (non-hydrogen) atoms. The Morgan fingerprint density at radius 1 is 1.25 bits per heavy atom. The van der Waals surface area contributed by atoms with E-state index < -0.39 is 23.0 Å². The maximum atomic E-state index is 12.4. The lowest BCUT2D eigenvalue weighted by molar-refractivity contribution is -0.132. The van der Waals surface area contributed by atoms with Crippen LogP contribution in [0.5, 0.6) is 5.75 Å². The number of imidazole rings is 1. The van der Waals surface area contributed by atoms with Gasteiger partial charge < -0.3 is 19.3 Å². The number of fused-ring (bicyclic) bond motifs is 1. The molecule has 9 nitrogen and oxygen atoms in total. The summed E-state index contributed by atoms with van der Waals surface area (Å²) >= 11 is 0. The molecule has 2 aromatic rings. The molecule has 1 saturated heterocycles. The van der Waals surface area contributed by atoms with Crippen molar-refractivity contribution in [2.75, 3.05) is 20.2 Å². The Kier molecular flexibility index (Phi) is 4.24. The fourth-order valence-electron chi connectivity index (χ4n) is 2.82. The van der Waals surface area contributed by atoms with Gasteiger partial charge >= 0.3 is 11.5 Å². The highest BCUT2D eigenvalue weighted by Crippen LogP contribution is 2.14. The molecule has 0 atom stereocenters. The van der Waals surface area contributed by atoms with Crippen LogP contribution in [0.25, 0.3) is 5.78 Å². The van der Waals surface area contributed by atoms with Gasteiger partial charge in [0.1, 0.15) is 6.54 Å². The monoisotopic (exact) mass is 334 g/mol. The number of carbonyl (C=O) groups excluding carboxylic acids is 2. The van der Waals surface area contributed by atoms with E-state index >= 15 is 0 Å². The van der Waals surface area contributed by atoms with E-state index in [9.17, 15) is 19.5 Å². The van der Waals surface area contributed by atoms with E-state index in [1.54, 1.807) is 4.90 Å². The zero-order valence-electron chi connectivity index (χ0n) is 13.3. The minimum Gasteiger partial charge on any atom is -0.501 e. The van der Waals surface area contributed by atoms with Crippen LogP contribution in [0.1, 0.15) is 29.8 Å². The lowest BCUT2D eigenvalue weighted by atomic mass is 10.1. The van der Waals surface area contributed by atoms with Gasteiger partial charge in [0.15, 0.2) is 5.69 Å². The highest BCUT2D eigenvalue weighted by molar-refractivity contribution is 5.90. The zero-order chi connectivity index (χ0) is 17.3. The SMILES string of the molecule is COC(=O)c1nc2n(CC(=O)N3CCCCC3)ccn2c(=O)c1O. The first-order valence-electron chi connectivity index (χ1n) is 7.69. The summed E-state index contributed by atoms with van der Waals surface area (Å²) in [4.78, 5) is 41.9. The summed E-state index contributed by atoms with van der Waals surface area (Å²) in [6.45, 7) is 1.45. The van der Waals surface area contributed by atoms with E-state index in [2.05, 4.69) is 9.72 Å². The second-order valence-corrected chi connectivity index (χ2v) is 5.64. The maximum Gasteiger partial charge on any atom is 0.360 e. The topological polar surface area (TPSA) is 106 Å². The van der Waals surface area contributed by atoms with Gasteiger partial charge in [-0.25, -0.2) is 14.2 Å². The molecule has 0 bridgehead atoms. The largest absolute Gasteiger partial charge is 0.501 e. The average Bonchev–Trinajstić information content (AvgIpc) is 3.01.